The Morgan fingerprint density at radius 2 is 2.29 bits per heavy atom. The number of ether oxygens (including phenoxy) is 2. The molecule has 0 aromatic heterocycles. The van der Waals surface area contributed by atoms with E-state index in [1.54, 1.807) is 0 Å². The minimum Gasteiger partial charge on any atom is -0.347 e. The Morgan fingerprint density at radius 3 is 2.93 bits per heavy atom. The number of halogens is 1. The summed E-state index contributed by atoms with van der Waals surface area (Å²) in [6, 6.07) is 0. The monoisotopic (exact) mass is 262 g/mol. The summed E-state index contributed by atoms with van der Waals surface area (Å²) in [5, 5.41) is 0.894. The van der Waals surface area contributed by atoms with E-state index >= 15 is 0 Å². The molecule has 1 saturated carbocycles. The molecule has 82 valence electrons. The van der Waals surface area contributed by atoms with Gasteiger partial charge in [0, 0.05) is 17.7 Å². The van der Waals surface area contributed by atoms with Crippen LogP contribution in [0.5, 0.6) is 0 Å². The minimum absolute atomic E-state index is 0.217. The molecule has 1 saturated heterocycles. The van der Waals surface area contributed by atoms with Crippen molar-refractivity contribution in [3.05, 3.63) is 0 Å². The SMILES string of the molecule is CCC1CCCCC12OCC(CBr)O2. The fourth-order valence-electron chi connectivity index (χ4n) is 2.71. The highest BCUT2D eigenvalue weighted by Crippen LogP contribution is 2.43. The molecule has 3 heteroatoms. The van der Waals surface area contributed by atoms with Gasteiger partial charge in [0.1, 0.15) is 0 Å². The number of rotatable bonds is 2. The molecule has 0 amide bonds. The van der Waals surface area contributed by atoms with Gasteiger partial charge in [0.2, 0.25) is 0 Å². The first-order valence-corrected chi connectivity index (χ1v) is 6.80. The number of alkyl halides is 1. The van der Waals surface area contributed by atoms with Gasteiger partial charge in [-0.25, -0.2) is 0 Å². The summed E-state index contributed by atoms with van der Waals surface area (Å²) < 4.78 is 12.0. The van der Waals surface area contributed by atoms with E-state index in [2.05, 4.69) is 22.9 Å². The molecule has 14 heavy (non-hydrogen) atoms. The van der Waals surface area contributed by atoms with Gasteiger partial charge in [0.05, 0.1) is 12.7 Å². The van der Waals surface area contributed by atoms with E-state index in [0.29, 0.717) is 5.92 Å². The quantitative estimate of drug-likeness (QED) is 0.713. The van der Waals surface area contributed by atoms with Crippen LogP contribution in [0.3, 0.4) is 0 Å². The van der Waals surface area contributed by atoms with Gasteiger partial charge in [-0.2, -0.15) is 0 Å². The zero-order chi connectivity index (χ0) is 10.0. The highest BCUT2D eigenvalue weighted by Gasteiger charge is 2.47. The van der Waals surface area contributed by atoms with Crippen LogP contribution in [0.15, 0.2) is 0 Å². The molecule has 2 fully saturated rings. The highest BCUT2D eigenvalue weighted by molar-refractivity contribution is 9.09. The van der Waals surface area contributed by atoms with Crippen LogP contribution in [-0.4, -0.2) is 23.8 Å². The van der Waals surface area contributed by atoms with E-state index in [-0.39, 0.29) is 11.9 Å². The first kappa shape index (κ1) is 10.9. The van der Waals surface area contributed by atoms with E-state index in [9.17, 15) is 0 Å². The Morgan fingerprint density at radius 1 is 1.43 bits per heavy atom. The van der Waals surface area contributed by atoms with E-state index in [0.717, 1.165) is 18.4 Å². The second-order valence-electron chi connectivity index (χ2n) is 4.37. The summed E-state index contributed by atoms with van der Waals surface area (Å²) in [7, 11) is 0. The van der Waals surface area contributed by atoms with Gasteiger partial charge in [0.15, 0.2) is 5.79 Å². The Balaban J connectivity index is 2.05. The maximum Gasteiger partial charge on any atom is 0.171 e. The van der Waals surface area contributed by atoms with Crippen LogP contribution in [-0.2, 0) is 9.47 Å². The molecule has 3 unspecified atom stereocenters. The predicted octanol–water partition coefficient (Wildman–Crippen LogP) is 3.09. The van der Waals surface area contributed by atoms with Gasteiger partial charge in [-0.3, -0.25) is 0 Å². The fourth-order valence-corrected chi connectivity index (χ4v) is 3.03. The van der Waals surface area contributed by atoms with E-state index in [1.165, 1.54) is 25.7 Å². The van der Waals surface area contributed by atoms with E-state index < -0.39 is 0 Å². The Kier molecular flexibility index (Phi) is 3.50. The summed E-state index contributed by atoms with van der Waals surface area (Å²) in [6.07, 6.45) is 6.40. The van der Waals surface area contributed by atoms with Crippen molar-refractivity contribution in [1.29, 1.82) is 0 Å². The maximum absolute atomic E-state index is 6.07. The summed E-state index contributed by atoms with van der Waals surface area (Å²) in [4.78, 5) is 0. The molecule has 2 rings (SSSR count). The van der Waals surface area contributed by atoms with Gasteiger partial charge >= 0.3 is 0 Å². The van der Waals surface area contributed by atoms with Crippen LogP contribution in [0.1, 0.15) is 39.0 Å². The van der Waals surface area contributed by atoms with Crippen molar-refractivity contribution in [1.82, 2.24) is 0 Å². The fraction of sp³-hybridized carbons (Fsp3) is 1.00. The van der Waals surface area contributed by atoms with Crippen molar-refractivity contribution >= 4 is 15.9 Å². The maximum atomic E-state index is 6.07. The van der Waals surface area contributed by atoms with Crippen LogP contribution < -0.4 is 0 Å². The Bertz CT molecular complexity index is 198. The molecule has 0 aromatic carbocycles. The lowest BCUT2D eigenvalue weighted by Gasteiger charge is -2.39. The lowest BCUT2D eigenvalue weighted by atomic mass is 9.81. The van der Waals surface area contributed by atoms with Crippen molar-refractivity contribution in [2.75, 3.05) is 11.9 Å². The van der Waals surface area contributed by atoms with Crippen molar-refractivity contribution in [3.8, 4) is 0 Å². The topological polar surface area (TPSA) is 18.5 Å². The molecule has 1 spiro atoms. The zero-order valence-electron chi connectivity index (χ0n) is 8.80. The minimum atomic E-state index is -0.217. The first-order valence-electron chi connectivity index (χ1n) is 5.68. The summed E-state index contributed by atoms with van der Waals surface area (Å²) in [5.41, 5.74) is 0. The average molecular weight is 263 g/mol. The lowest BCUT2D eigenvalue weighted by molar-refractivity contribution is -0.220. The molecule has 1 aliphatic carbocycles. The zero-order valence-corrected chi connectivity index (χ0v) is 10.4. The van der Waals surface area contributed by atoms with Gasteiger partial charge in [0.25, 0.3) is 0 Å². The van der Waals surface area contributed by atoms with Crippen molar-refractivity contribution in [3.63, 3.8) is 0 Å². The molecule has 0 N–H and O–H groups in total. The van der Waals surface area contributed by atoms with Crippen LogP contribution in [0.4, 0.5) is 0 Å². The van der Waals surface area contributed by atoms with Crippen molar-refractivity contribution in [2.45, 2.75) is 50.9 Å². The van der Waals surface area contributed by atoms with Crippen LogP contribution >= 0.6 is 15.9 Å². The summed E-state index contributed by atoms with van der Waals surface area (Å²) >= 11 is 3.46. The third-order valence-corrected chi connectivity index (χ3v) is 4.22. The van der Waals surface area contributed by atoms with Gasteiger partial charge in [-0.1, -0.05) is 29.3 Å². The predicted molar refractivity (Wildman–Crippen MR) is 59.6 cm³/mol. The molecule has 0 aromatic rings. The van der Waals surface area contributed by atoms with Gasteiger partial charge in [-0.15, -0.1) is 0 Å². The van der Waals surface area contributed by atoms with Crippen LogP contribution in [0.2, 0.25) is 0 Å². The summed E-state index contributed by atoms with van der Waals surface area (Å²) in [5.74, 6) is 0.395. The average Bonchev–Trinajstić information content (AvgIpc) is 2.63. The third-order valence-electron chi connectivity index (χ3n) is 3.49. The Labute approximate surface area is 94.5 Å². The molecule has 1 aliphatic heterocycles. The van der Waals surface area contributed by atoms with E-state index in [1.807, 2.05) is 0 Å². The second kappa shape index (κ2) is 4.50. The largest absolute Gasteiger partial charge is 0.347 e. The smallest absolute Gasteiger partial charge is 0.171 e. The highest BCUT2D eigenvalue weighted by atomic mass is 79.9. The van der Waals surface area contributed by atoms with Crippen molar-refractivity contribution < 1.29 is 9.47 Å². The van der Waals surface area contributed by atoms with Crippen molar-refractivity contribution in [2.24, 2.45) is 5.92 Å². The molecule has 2 aliphatic rings. The second-order valence-corrected chi connectivity index (χ2v) is 5.02. The molecule has 1 heterocycles. The first-order chi connectivity index (χ1) is 6.80. The third kappa shape index (κ3) is 1.86. The van der Waals surface area contributed by atoms with E-state index in [4.69, 9.17) is 9.47 Å². The van der Waals surface area contributed by atoms with Crippen LogP contribution in [0, 0.1) is 5.92 Å². The molecular weight excluding hydrogens is 244 g/mol. The number of hydrogen-bond donors (Lipinski definition) is 0. The standard InChI is InChI=1S/C11H19BrO2/c1-2-9-5-3-4-6-11(9)13-8-10(7-12)14-11/h9-10H,2-8H2,1H3. The van der Waals surface area contributed by atoms with Crippen LogP contribution in [0.25, 0.3) is 0 Å². The molecular formula is C11H19BrO2. The molecule has 2 nitrogen and oxygen atoms in total. The van der Waals surface area contributed by atoms with Gasteiger partial charge < -0.3 is 9.47 Å². The lowest BCUT2D eigenvalue weighted by Crippen LogP contribution is -2.42. The Hall–Kier alpha value is 0.400. The van der Waals surface area contributed by atoms with Gasteiger partial charge in [-0.05, 0) is 19.3 Å². The molecule has 3 atom stereocenters. The normalized spacial score (nSPS) is 43.3. The summed E-state index contributed by atoms with van der Waals surface area (Å²) in [6.45, 7) is 3.01. The number of hydrogen-bond acceptors (Lipinski definition) is 2. The molecule has 0 radical (unpaired) electrons. The molecule has 0 bridgehead atoms.